The average molecular weight is 348 g/mol. The maximum atomic E-state index is 14.0. The summed E-state index contributed by atoms with van der Waals surface area (Å²) in [6, 6.07) is 6.00. The molecule has 2 atom stereocenters. The first kappa shape index (κ1) is 16.7. The minimum atomic E-state index is -0.946. The van der Waals surface area contributed by atoms with Crippen molar-refractivity contribution in [3.8, 4) is 0 Å². The minimum absolute atomic E-state index is 0.224. The second kappa shape index (κ2) is 6.18. The monoisotopic (exact) mass is 348 g/mol. The maximum absolute atomic E-state index is 14.0. The number of benzene rings is 1. The number of aromatic nitrogens is 1. The number of hydrogen-bond acceptors (Lipinski definition) is 4. The van der Waals surface area contributed by atoms with Crippen LogP contribution in [-0.4, -0.2) is 32.8 Å². The van der Waals surface area contributed by atoms with Crippen LogP contribution in [0.1, 0.15) is 42.7 Å². The van der Waals surface area contributed by atoms with Gasteiger partial charge in [0.1, 0.15) is 11.6 Å². The molecule has 0 amide bonds. The fourth-order valence-corrected chi connectivity index (χ4v) is 4.51. The lowest BCUT2D eigenvalue weighted by Crippen LogP contribution is -2.51. The fourth-order valence-electron chi connectivity index (χ4n) is 4.51. The standard InChI is InChI=1S/C19H22F2N2O2/c1-12-6-17(25-22-12)11-23-15-4-5-16(23)10-19(24,9-15)8-13-2-3-14(20)7-18(13)21/h2-3,6-7,15-16,24H,4-5,8-11H2,1H3. The summed E-state index contributed by atoms with van der Waals surface area (Å²) in [5, 5.41) is 15.0. The largest absolute Gasteiger partial charge is 0.389 e. The molecule has 25 heavy (non-hydrogen) atoms. The smallest absolute Gasteiger partial charge is 0.150 e. The summed E-state index contributed by atoms with van der Waals surface area (Å²) in [4.78, 5) is 2.37. The zero-order chi connectivity index (χ0) is 17.6. The molecule has 2 fully saturated rings. The molecule has 2 unspecified atom stereocenters. The number of hydrogen-bond donors (Lipinski definition) is 1. The Bertz CT molecular complexity index is 763. The summed E-state index contributed by atoms with van der Waals surface area (Å²) >= 11 is 0. The van der Waals surface area contributed by atoms with Gasteiger partial charge in [0, 0.05) is 30.6 Å². The van der Waals surface area contributed by atoms with Crippen molar-refractivity contribution < 1.29 is 18.4 Å². The highest BCUT2D eigenvalue weighted by Crippen LogP contribution is 2.43. The highest BCUT2D eigenvalue weighted by atomic mass is 19.1. The molecule has 4 rings (SSSR count). The molecule has 2 aliphatic rings. The number of aliphatic hydroxyl groups is 1. The molecule has 3 heterocycles. The van der Waals surface area contributed by atoms with E-state index in [0.717, 1.165) is 30.4 Å². The Morgan fingerprint density at radius 2 is 1.96 bits per heavy atom. The van der Waals surface area contributed by atoms with Gasteiger partial charge in [0.05, 0.1) is 17.8 Å². The van der Waals surface area contributed by atoms with Gasteiger partial charge in [0.2, 0.25) is 0 Å². The van der Waals surface area contributed by atoms with Crippen molar-refractivity contribution in [2.45, 2.75) is 63.3 Å². The zero-order valence-corrected chi connectivity index (χ0v) is 14.2. The molecule has 6 heteroatoms. The van der Waals surface area contributed by atoms with Crippen molar-refractivity contribution in [3.63, 3.8) is 0 Å². The van der Waals surface area contributed by atoms with E-state index in [2.05, 4.69) is 10.1 Å². The normalized spacial score (nSPS) is 29.3. The molecule has 134 valence electrons. The number of rotatable bonds is 4. The Morgan fingerprint density at radius 1 is 1.24 bits per heavy atom. The van der Waals surface area contributed by atoms with Gasteiger partial charge in [-0.25, -0.2) is 8.78 Å². The SMILES string of the molecule is Cc1cc(CN2C3CCC2CC(O)(Cc2ccc(F)cc2F)C3)on1. The van der Waals surface area contributed by atoms with E-state index in [-0.39, 0.29) is 18.5 Å². The molecule has 2 aliphatic heterocycles. The summed E-state index contributed by atoms with van der Waals surface area (Å²) in [5.41, 5.74) is 0.295. The third kappa shape index (κ3) is 3.33. The summed E-state index contributed by atoms with van der Waals surface area (Å²) in [5.74, 6) is -0.338. The predicted molar refractivity (Wildman–Crippen MR) is 87.8 cm³/mol. The van der Waals surface area contributed by atoms with Crippen LogP contribution in [0.25, 0.3) is 0 Å². The molecule has 0 spiro atoms. The minimum Gasteiger partial charge on any atom is -0.389 e. The van der Waals surface area contributed by atoms with Crippen LogP contribution < -0.4 is 0 Å². The Balaban J connectivity index is 1.48. The summed E-state index contributed by atoms with van der Waals surface area (Å²) in [6.07, 6.45) is 3.44. The van der Waals surface area contributed by atoms with Crippen LogP contribution in [-0.2, 0) is 13.0 Å². The molecular weight excluding hydrogens is 326 g/mol. The predicted octanol–water partition coefficient (Wildman–Crippen LogP) is 3.36. The van der Waals surface area contributed by atoms with E-state index in [0.29, 0.717) is 24.9 Å². The molecule has 1 aromatic heterocycles. The Labute approximate surface area is 145 Å². The van der Waals surface area contributed by atoms with E-state index in [4.69, 9.17) is 4.52 Å². The second-order valence-corrected chi connectivity index (χ2v) is 7.54. The molecule has 1 N–H and O–H groups in total. The zero-order valence-electron chi connectivity index (χ0n) is 14.2. The van der Waals surface area contributed by atoms with Gasteiger partial charge in [-0.2, -0.15) is 0 Å². The number of nitrogens with zero attached hydrogens (tertiary/aromatic N) is 2. The average Bonchev–Trinajstić information content (AvgIpc) is 3.05. The molecule has 0 aliphatic carbocycles. The van der Waals surface area contributed by atoms with Crippen molar-refractivity contribution in [3.05, 3.63) is 52.9 Å². The van der Waals surface area contributed by atoms with Crippen LogP contribution in [0.5, 0.6) is 0 Å². The lowest BCUT2D eigenvalue weighted by Gasteiger charge is -2.43. The molecule has 2 aromatic rings. The molecule has 2 saturated heterocycles. The third-order valence-corrected chi connectivity index (χ3v) is 5.55. The van der Waals surface area contributed by atoms with Crippen LogP contribution in [0.15, 0.2) is 28.8 Å². The number of halogens is 2. The highest BCUT2D eigenvalue weighted by Gasteiger charge is 2.47. The van der Waals surface area contributed by atoms with Gasteiger partial charge >= 0.3 is 0 Å². The quantitative estimate of drug-likeness (QED) is 0.920. The molecule has 2 bridgehead atoms. The van der Waals surface area contributed by atoms with Gasteiger partial charge in [-0.05, 0) is 44.2 Å². The van der Waals surface area contributed by atoms with E-state index in [1.807, 2.05) is 13.0 Å². The van der Waals surface area contributed by atoms with Crippen molar-refractivity contribution in [1.82, 2.24) is 10.1 Å². The highest BCUT2D eigenvalue weighted by molar-refractivity contribution is 5.22. The first-order valence-electron chi connectivity index (χ1n) is 8.76. The fraction of sp³-hybridized carbons (Fsp3) is 0.526. The summed E-state index contributed by atoms with van der Waals surface area (Å²) in [7, 11) is 0. The molecule has 4 nitrogen and oxygen atoms in total. The number of fused-ring (bicyclic) bond motifs is 2. The first-order valence-corrected chi connectivity index (χ1v) is 8.76. The second-order valence-electron chi connectivity index (χ2n) is 7.54. The number of aryl methyl sites for hydroxylation is 1. The van der Waals surface area contributed by atoms with Crippen LogP contribution in [0.3, 0.4) is 0 Å². The lowest BCUT2D eigenvalue weighted by atomic mass is 9.81. The van der Waals surface area contributed by atoms with E-state index in [9.17, 15) is 13.9 Å². The van der Waals surface area contributed by atoms with E-state index in [1.165, 1.54) is 12.1 Å². The maximum Gasteiger partial charge on any atom is 0.150 e. The Kier molecular flexibility index (Phi) is 4.12. The molecule has 1 aromatic carbocycles. The van der Waals surface area contributed by atoms with Crippen LogP contribution >= 0.6 is 0 Å². The Hall–Kier alpha value is -1.79. The van der Waals surface area contributed by atoms with Crippen LogP contribution in [0, 0.1) is 18.6 Å². The van der Waals surface area contributed by atoms with E-state index < -0.39 is 17.2 Å². The van der Waals surface area contributed by atoms with E-state index in [1.54, 1.807) is 0 Å². The van der Waals surface area contributed by atoms with Gasteiger partial charge in [-0.1, -0.05) is 11.2 Å². The van der Waals surface area contributed by atoms with Crippen LogP contribution in [0.4, 0.5) is 8.78 Å². The molecule has 0 radical (unpaired) electrons. The number of piperidine rings is 1. The molecular formula is C19H22F2N2O2. The van der Waals surface area contributed by atoms with Gasteiger partial charge in [0.25, 0.3) is 0 Å². The van der Waals surface area contributed by atoms with Crippen molar-refractivity contribution in [2.24, 2.45) is 0 Å². The third-order valence-electron chi connectivity index (χ3n) is 5.55. The van der Waals surface area contributed by atoms with Crippen molar-refractivity contribution in [1.29, 1.82) is 0 Å². The Morgan fingerprint density at radius 3 is 2.56 bits per heavy atom. The van der Waals surface area contributed by atoms with Crippen molar-refractivity contribution >= 4 is 0 Å². The van der Waals surface area contributed by atoms with Crippen LogP contribution in [0.2, 0.25) is 0 Å². The molecule has 0 saturated carbocycles. The van der Waals surface area contributed by atoms with E-state index >= 15 is 0 Å². The van der Waals surface area contributed by atoms with Gasteiger partial charge in [-0.15, -0.1) is 0 Å². The summed E-state index contributed by atoms with van der Waals surface area (Å²) < 4.78 is 32.4. The van der Waals surface area contributed by atoms with Gasteiger partial charge in [0.15, 0.2) is 5.76 Å². The first-order chi connectivity index (χ1) is 11.9. The van der Waals surface area contributed by atoms with Gasteiger partial charge < -0.3 is 9.63 Å². The van der Waals surface area contributed by atoms with Crippen molar-refractivity contribution in [2.75, 3.05) is 0 Å². The summed E-state index contributed by atoms with van der Waals surface area (Å²) in [6.45, 7) is 2.59. The topological polar surface area (TPSA) is 49.5 Å². The lowest BCUT2D eigenvalue weighted by molar-refractivity contribution is -0.0562. The van der Waals surface area contributed by atoms with Gasteiger partial charge in [-0.3, -0.25) is 4.90 Å².